The summed E-state index contributed by atoms with van der Waals surface area (Å²) in [4.78, 5) is 0. The SMILES string of the molecule is COc1ccc(C[C@H](C)[C@H](C)[C@H](O)c2ccc(OC)c(OC)c2)cc1OC. The Kier molecular flexibility index (Phi) is 7.36. The van der Waals surface area contributed by atoms with Crippen LogP contribution in [0.3, 0.4) is 0 Å². The summed E-state index contributed by atoms with van der Waals surface area (Å²) in [5.74, 6) is 3.01. The molecule has 0 aliphatic heterocycles. The molecule has 0 heterocycles. The van der Waals surface area contributed by atoms with Gasteiger partial charge in [0.25, 0.3) is 0 Å². The van der Waals surface area contributed by atoms with Crippen LogP contribution in [-0.2, 0) is 6.42 Å². The van der Waals surface area contributed by atoms with Crippen LogP contribution < -0.4 is 18.9 Å². The molecular weight excluding hydrogens is 344 g/mol. The summed E-state index contributed by atoms with van der Waals surface area (Å²) in [6.45, 7) is 4.21. The van der Waals surface area contributed by atoms with E-state index in [1.807, 2.05) is 36.4 Å². The summed E-state index contributed by atoms with van der Waals surface area (Å²) >= 11 is 0. The van der Waals surface area contributed by atoms with E-state index in [1.165, 1.54) is 0 Å². The number of rotatable bonds is 9. The van der Waals surface area contributed by atoms with E-state index in [0.29, 0.717) is 17.2 Å². The zero-order valence-electron chi connectivity index (χ0n) is 17.0. The normalized spacial score (nSPS) is 14.2. The zero-order chi connectivity index (χ0) is 20.0. The summed E-state index contributed by atoms with van der Waals surface area (Å²) in [6, 6.07) is 11.5. The largest absolute Gasteiger partial charge is 0.493 e. The Labute approximate surface area is 161 Å². The molecule has 0 unspecified atom stereocenters. The summed E-state index contributed by atoms with van der Waals surface area (Å²) in [5.41, 5.74) is 1.96. The first-order valence-corrected chi connectivity index (χ1v) is 9.06. The van der Waals surface area contributed by atoms with Gasteiger partial charge in [-0.25, -0.2) is 0 Å². The third kappa shape index (κ3) is 4.86. The Hall–Kier alpha value is -2.40. The zero-order valence-corrected chi connectivity index (χ0v) is 17.0. The van der Waals surface area contributed by atoms with E-state index >= 15 is 0 Å². The lowest BCUT2D eigenvalue weighted by molar-refractivity contribution is 0.0869. The minimum absolute atomic E-state index is 0.0520. The lowest BCUT2D eigenvalue weighted by Crippen LogP contribution is -2.19. The molecule has 5 nitrogen and oxygen atoms in total. The third-order valence-corrected chi connectivity index (χ3v) is 5.15. The maximum Gasteiger partial charge on any atom is 0.161 e. The van der Waals surface area contributed by atoms with Crippen molar-refractivity contribution >= 4 is 0 Å². The molecule has 1 N–H and O–H groups in total. The molecule has 2 aromatic rings. The second-order valence-corrected chi connectivity index (χ2v) is 6.79. The van der Waals surface area contributed by atoms with Gasteiger partial charge >= 0.3 is 0 Å². The minimum atomic E-state index is -0.597. The summed E-state index contributed by atoms with van der Waals surface area (Å²) in [7, 11) is 6.45. The highest BCUT2D eigenvalue weighted by Gasteiger charge is 2.24. The van der Waals surface area contributed by atoms with Crippen molar-refractivity contribution in [1.29, 1.82) is 0 Å². The van der Waals surface area contributed by atoms with Crippen LogP contribution in [0.25, 0.3) is 0 Å². The highest BCUT2D eigenvalue weighted by atomic mass is 16.5. The monoisotopic (exact) mass is 374 g/mol. The van der Waals surface area contributed by atoms with Crippen LogP contribution in [0.4, 0.5) is 0 Å². The number of aliphatic hydroxyl groups excluding tert-OH is 1. The standard InChI is InChI=1S/C22H30O5/c1-14(11-16-7-9-18(24-3)20(12-16)26-5)15(2)22(23)17-8-10-19(25-4)21(13-17)27-6/h7-10,12-15,22-23H,11H2,1-6H3/t14-,15-,22-/m0/s1. The van der Waals surface area contributed by atoms with E-state index in [1.54, 1.807) is 28.4 Å². The van der Waals surface area contributed by atoms with E-state index in [-0.39, 0.29) is 11.8 Å². The van der Waals surface area contributed by atoms with Gasteiger partial charge in [0.15, 0.2) is 23.0 Å². The van der Waals surface area contributed by atoms with Gasteiger partial charge < -0.3 is 24.1 Å². The van der Waals surface area contributed by atoms with Crippen molar-refractivity contribution in [3.63, 3.8) is 0 Å². The van der Waals surface area contributed by atoms with E-state index in [4.69, 9.17) is 18.9 Å². The minimum Gasteiger partial charge on any atom is -0.493 e. The molecule has 0 aliphatic carbocycles. The molecule has 0 spiro atoms. The number of hydrogen-bond acceptors (Lipinski definition) is 5. The summed E-state index contributed by atoms with van der Waals surface area (Å²) in [5, 5.41) is 10.9. The van der Waals surface area contributed by atoms with Crippen molar-refractivity contribution in [1.82, 2.24) is 0 Å². The van der Waals surface area contributed by atoms with Gasteiger partial charge in [-0.1, -0.05) is 26.0 Å². The maximum atomic E-state index is 10.9. The van der Waals surface area contributed by atoms with Gasteiger partial charge in [0.1, 0.15) is 0 Å². The second-order valence-electron chi connectivity index (χ2n) is 6.79. The van der Waals surface area contributed by atoms with E-state index in [2.05, 4.69) is 13.8 Å². The number of hydrogen-bond donors (Lipinski definition) is 1. The molecule has 148 valence electrons. The molecule has 0 fully saturated rings. The lowest BCUT2D eigenvalue weighted by atomic mass is 9.83. The number of aliphatic hydroxyl groups is 1. The Morgan fingerprint density at radius 1 is 0.741 bits per heavy atom. The second kappa shape index (κ2) is 9.51. The van der Waals surface area contributed by atoms with Crippen molar-refractivity contribution in [2.45, 2.75) is 26.4 Å². The molecule has 0 aliphatic rings. The Morgan fingerprint density at radius 3 is 1.81 bits per heavy atom. The highest BCUT2D eigenvalue weighted by molar-refractivity contribution is 5.44. The van der Waals surface area contributed by atoms with E-state index < -0.39 is 6.10 Å². The Morgan fingerprint density at radius 2 is 1.26 bits per heavy atom. The van der Waals surface area contributed by atoms with Crippen molar-refractivity contribution < 1.29 is 24.1 Å². The molecule has 5 heteroatoms. The molecular formula is C22H30O5. The molecule has 2 rings (SSSR count). The van der Waals surface area contributed by atoms with Gasteiger partial charge in [0, 0.05) is 0 Å². The Balaban J connectivity index is 2.13. The predicted octanol–water partition coefficient (Wildman–Crippen LogP) is 4.27. The molecule has 2 aromatic carbocycles. The quantitative estimate of drug-likeness (QED) is 0.710. The van der Waals surface area contributed by atoms with Gasteiger partial charge in [-0.05, 0) is 53.6 Å². The smallest absolute Gasteiger partial charge is 0.161 e. The van der Waals surface area contributed by atoms with Crippen LogP contribution in [0.15, 0.2) is 36.4 Å². The van der Waals surface area contributed by atoms with Crippen LogP contribution >= 0.6 is 0 Å². The topological polar surface area (TPSA) is 57.2 Å². The fourth-order valence-electron chi connectivity index (χ4n) is 3.22. The fraction of sp³-hybridized carbons (Fsp3) is 0.455. The first-order valence-electron chi connectivity index (χ1n) is 9.06. The van der Waals surface area contributed by atoms with Gasteiger partial charge in [0.2, 0.25) is 0 Å². The van der Waals surface area contributed by atoms with E-state index in [9.17, 15) is 5.11 Å². The molecule has 0 aromatic heterocycles. The molecule has 0 saturated carbocycles. The molecule has 0 bridgehead atoms. The van der Waals surface area contributed by atoms with Crippen molar-refractivity contribution in [3.8, 4) is 23.0 Å². The first kappa shape index (κ1) is 20.9. The van der Waals surface area contributed by atoms with Crippen molar-refractivity contribution in [3.05, 3.63) is 47.5 Å². The lowest BCUT2D eigenvalue weighted by Gasteiger charge is -2.26. The van der Waals surface area contributed by atoms with Crippen LogP contribution in [0.2, 0.25) is 0 Å². The summed E-state index contributed by atoms with van der Waals surface area (Å²) in [6.07, 6.45) is 0.228. The third-order valence-electron chi connectivity index (χ3n) is 5.15. The maximum absolute atomic E-state index is 10.9. The van der Waals surface area contributed by atoms with Gasteiger partial charge in [-0.2, -0.15) is 0 Å². The molecule has 0 radical (unpaired) electrons. The average molecular weight is 374 g/mol. The predicted molar refractivity (Wildman–Crippen MR) is 106 cm³/mol. The molecule has 0 saturated heterocycles. The van der Waals surface area contributed by atoms with Gasteiger partial charge in [-0.3, -0.25) is 0 Å². The average Bonchev–Trinajstić information content (AvgIpc) is 2.71. The summed E-state index contributed by atoms with van der Waals surface area (Å²) < 4.78 is 21.3. The highest BCUT2D eigenvalue weighted by Crippen LogP contribution is 2.36. The van der Waals surface area contributed by atoms with Crippen LogP contribution in [-0.4, -0.2) is 33.5 Å². The number of ether oxygens (including phenoxy) is 4. The van der Waals surface area contributed by atoms with Crippen LogP contribution in [0, 0.1) is 11.8 Å². The fourth-order valence-corrected chi connectivity index (χ4v) is 3.22. The molecule has 27 heavy (non-hydrogen) atoms. The molecule has 3 atom stereocenters. The molecule has 0 amide bonds. The Bertz CT molecular complexity index is 743. The van der Waals surface area contributed by atoms with Crippen molar-refractivity contribution in [2.75, 3.05) is 28.4 Å². The first-order chi connectivity index (χ1) is 12.9. The van der Waals surface area contributed by atoms with Crippen LogP contribution in [0.5, 0.6) is 23.0 Å². The number of benzene rings is 2. The van der Waals surface area contributed by atoms with Crippen LogP contribution in [0.1, 0.15) is 31.1 Å². The number of methoxy groups -OCH3 is 4. The van der Waals surface area contributed by atoms with Gasteiger partial charge in [-0.15, -0.1) is 0 Å². The van der Waals surface area contributed by atoms with E-state index in [0.717, 1.165) is 23.3 Å². The van der Waals surface area contributed by atoms with Crippen molar-refractivity contribution in [2.24, 2.45) is 11.8 Å². The van der Waals surface area contributed by atoms with Gasteiger partial charge in [0.05, 0.1) is 34.5 Å².